The number of aryl methyl sites for hydroxylation is 2. The molecule has 1 N–H and O–H groups in total. The Morgan fingerprint density at radius 1 is 1.00 bits per heavy atom. The molecule has 9 heteroatoms. The standard InChI is InChI=1S/C32H31ClN6O2/c1-18-29(19(2)41-38-18)24-16-26-23(17-27(24)40-3)30-31(21-9-11-34-25-8-7-20(33)15-22(21)25)36-28(37-32(30)35-26)10-14-39-12-5-4-6-13-39/h7-9,11,15-17H,4-6,10,12-14H2,1-3H3,(H,35,36,37). The normalized spacial score (nSPS) is 14.4. The summed E-state index contributed by atoms with van der Waals surface area (Å²) in [6.07, 6.45) is 6.43. The number of likely N-dealkylation sites (tertiary alicyclic amines) is 1. The second-order valence-electron chi connectivity index (χ2n) is 10.8. The number of rotatable bonds is 6. The monoisotopic (exact) mass is 566 g/mol. The summed E-state index contributed by atoms with van der Waals surface area (Å²) in [5, 5.41) is 7.71. The average molecular weight is 567 g/mol. The van der Waals surface area contributed by atoms with E-state index in [2.05, 4.69) is 32.2 Å². The number of benzene rings is 2. The first-order valence-corrected chi connectivity index (χ1v) is 14.5. The summed E-state index contributed by atoms with van der Waals surface area (Å²) in [7, 11) is 1.69. The van der Waals surface area contributed by atoms with Gasteiger partial charge in [0.2, 0.25) is 0 Å². The van der Waals surface area contributed by atoms with Crippen molar-refractivity contribution < 1.29 is 9.26 Å². The zero-order valence-electron chi connectivity index (χ0n) is 23.4. The van der Waals surface area contributed by atoms with Crippen molar-refractivity contribution in [3.63, 3.8) is 0 Å². The Bertz CT molecular complexity index is 1900. The van der Waals surface area contributed by atoms with E-state index in [1.54, 1.807) is 7.11 Å². The highest BCUT2D eigenvalue weighted by atomic mass is 35.5. The molecule has 0 amide bonds. The molecule has 6 aromatic rings. The van der Waals surface area contributed by atoms with E-state index in [0.717, 1.165) is 104 Å². The van der Waals surface area contributed by atoms with Gasteiger partial charge in [0.15, 0.2) is 0 Å². The van der Waals surface area contributed by atoms with Crippen molar-refractivity contribution in [2.75, 3.05) is 26.7 Å². The first-order chi connectivity index (χ1) is 20.0. The molecule has 0 bridgehead atoms. The molecule has 2 aromatic carbocycles. The van der Waals surface area contributed by atoms with E-state index in [1.165, 1.54) is 19.3 Å². The van der Waals surface area contributed by atoms with Gasteiger partial charge in [-0.15, -0.1) is 0 Å². The summed E-state index contributed by atoms with van der Waals surface area (Å²) >= 11 is 6.47. The molecule has 41 heavy (non-hydrogen) atoms. The van der Waals surface area contributed by atoms with Gasteiger partial charge in [-0.25, -0.2) is 9.97 Å². The van der Waals surface area contributed by atoms with Gasteiger partial charge < -0.3 is 19.1 Å². The van der Waals surface area contributed by atoms with Gasteiger partial charge in [-0.05, 0) is 76.2 Å². The predicted octanol–water partition coefficient (Wildman–Crippen LogP) is 7.29. The minimum absolute atomic E-state index is 0.659. The van der Waals surface area contributed by atoms with Gasteiger partial charge in [0.25, 0.3) is 0 Å². The van der Waals surface area contributed by atoms with Crippen LogP contribution in [0.15, 0.2) is 47.1 Å². The molecule has 1 aliphatic rings. The van der Waals surface area contributed by atoms with Crippen LogP contribution >= 0.6 is 11.6 Å². The maximum Gasteiger partial charge on any atom is 0.142 e. The van der Waals surface area contributed by atoms with E-state index in [1.807, 2.05) is 44.3 Å². The largest absolute Gasteiger partial charge is 0.496 e. The molecular formula is C32H31ClN6O2. The Balaban J connectivity index is 1.47. The molecule has 7 rings (SSSR count). The number of methoxy groups -OCH3 is 1. The minimum atomic E-state index is 0.659. The summed E-state index contributed by atoms with van der Waals surface area (Å²) < 4.78 is 11.4. The van der Waals surface area contributed by atoms with E-state index in [4.69, 9.17) is 30.8 Å². The molecule has 0 radical (unpaired) electrons. The molecule has 5 heterocycles. The van der Waals surface area contributed by atoms with Crippen LogP contribution in [0.5, 0.6) is 5.75 Å². The number of nitrogens with zero attached hydrogens (tertiary/aromatic N) is 5. The van der Waals surface area contributed by atoms with Gasteiger partial charge in [-0.2, -0.15) is 0 Å². The van der Waals surface area contributed by atoms with Crippen LogP contribution in [0.3, 0.4) is 0 Å². The molecule has 0 spiro atoms. The van der Waals surface area contributed by atoms with Crippen LogP contribution in [0, 0.1) is 13.8 Å². The molecule has 0 unspecified atom stereocenters. The number of H-pyrrole nitrogens is 1. The third-order valence-electron chi connectivity index (χ3n) is 8.18. The van der Waals surface area contributed by atoms with Crippen molar-refractivity contribution in [2.45, 2.75) is 39.5 Å². The lowest BCUT2D eigenvalue weighted by Gasteiger charge is -2.26. The number of pyridine rings is 1. The predicted molar refractivity (Wildman–Crippen MR) is 163 cm³/mol. The molecule has 1 saturated heterocycles. The van der Waals surface area contributed by atoms with Crippen LogP contribution < -0.4 is 4.74 Å². The highest BCUT2D eigenvalue weighted by Gasteiger charge is 2.22. The molecule has 1 fully saturated rings. The lowest BCUT2D eigenvalue weighted by atomic mass is 9.99. The SMILES string of the molecule is COc1cc2c(cc1-c1c(C)noc1C)[nH]c1nc(CCN3CCCCC3)nc(-c3ccnc4ccc(Cl)cc34)c12. The van der Waals surface area contributed by atoms with Crippen molar-refractivity contribution in [2.24, 2.45) is 0 Å². The van der Waals surface area contributed by atoms with Crippen LogP contribution in [0.25, 0.3) is 55.2 Å². The molecule has 0 aliphatic carbocycles. The van der Waals surface area contributed by atoms with Gasteiger partial charge in [-0.1, -0.05) is 23.2 Å². The minimum Gasteiger partial charge on any atom is -0.496 e. The zero-order valence-corrected chi connectivity index (χ0v) is 24.2. The van der Waals surface area contributed by atoms with Crippen molar-refractivity contribution in [1.82, 2.24) is 30.0 Å². The van der Waals surface area contributed by atoms with Crippen LogP contribution in [0.1, 0.15) is 36.5 Å². The first-order valence-electron chi connectivity index (χ1n) is 14.1. The van der Waals surface area contributed by atoms with Crippen molar-refractivity contribution in [1.29, 1.82) is 0 Å². The van der Waals surface area contributed by atoms with Gasteiger partial charge >= 0.3 is 0 Å². The summed E-state index contributed by atoms with van der Waals surface area (Å²) in [4.78, 5) is 21.0. The molecule has 208 valence electrons. The van der Waals surface area contributed by atoms with Crippen molar-refractivity contribution >= 4 is 44.4 Å². The van der Waals surface area contributed by atoms with Crippen molar-refractivity contribution in [3.8, 4) is 28.1 Å². The number of hydrogen-bond acceptors (Lipinski definition) is 7. The Labute approximate surface area is 242 Å². The lowest BCUT2D eigenvalue weighted by Crippen LogP contribution is -2.31. The maximum atomic E-state index is 6.47. The lowest BCUT2D eigenvalue weighted by molar-refractivity contribution is 0.230. The smallest absolute Gasteiger partial charge is 0.142 e. The highest BCUT2D eigenvalue weighted by Crippen LogP contribution is 2.42. The topological polar surface area (TPSA) is 93.0 Å². The third-order valence-corrected chi connectivity index (χ3v) is 8.41. The van der Waals surface area contributed by atoms with E-state index < -0.39 is 0 Å². The molecule has 0 atom stereocenters. The van der Waals surface area contributed by atoms with E-state index in [-0.39, 0.29) is 0 Å². The molecule has 0 saturated carbocycles. The zero-order chi connectivity index (χ0) is 28.1. The van der Waals surface area contributed by atoms with Crippen LogP contribution in [-0.4, -0.2) is 56.7 Å². The number of fused-ring (bicyclic) bond motifs is 4. The number of piperidine rings is 1. The van der Waals surface area contributed by atoms with Gasteiger partial charge in [-0.3, -0.25) is 4.98 Å². The maximum absolute atomic E-state index is 6.47. The summed E-state index contributed by atoms with van der Waals surface area (Å²) in [5.74, 6) is 2.29. The fourth-order valence-corrected chi connectivity index (χ4v) is 6.35. The fourth-order valence-electron chi connectivity index (χ4n) is 6.17. The quantitative estimate of drug-likeness (QED) is 0.226. The van der Waals surface area contributed by atoms with Crippen molar-refractivity contribution in [3.05, 3.63) is 64.9 Å². The Morgan fingerprint density at radius 2 is 1.85 bits per heavy atom. The average Bonchev–Trinajstić information content (AvgIpc) is 3.52. The van der Waals surface area contributed by atoms with Gasteiger partial charge in [0, 0.05) is 51.6 Å². The summed E-state index contributed by atoms with van der Waals surface area (Å²) in [5.41, 5.74) is 7.10. The molecular weight excluding hydrogens is 536 g/mol. The molecule has 8 nitrogen and oxygen atoms in total. The number of aromatic amines is 1. The van der Waals surface area contributed by atoms with E-state index >= 15 is 0 Å². The highest BCUT2D eigenvalue weighted by molar-refractivity contribution is 6.31. The number of hydrogen-bond donors (Lipinski definition) is 1. The molecule has 4 aromatic heterocycles. The third kappa shape index (κ3) is 4.61. The van der Waals surface area contributed by atoms with Gasteiger partial charge in [0.05, 0.1) is 35.0 Å². The first kappa shape index (κ1) is 25.9. The number of ether oxygens (including phenoxy) is 1. The summed E-state index contributed by atoms with van der Waals surface area (Å²) in [6, 6.07) is 12.0. The fraction of sp³-hybridized carbons (Fsp3) is 0.312. The Hall–Kier alpha value is -4.01. The van der Waals surface area contributed by atoms with Crippen LogP contribution in [-0.2, 0) is 6.42 Å². The number of aromatic nitrogens is 5. The van der Waals surface area contributed by atoms with Gasteiger partial charge in [0.1, 0.15) is 23.0 Å². The Morgan fingerprint density at radius 3 is 2.63 bits per heavy atom. The second kappa shape index (κ2) is 10.4. The van der Waals surface area contributed by atoms with E-state index in [0.29, 0.717) is 5.02 Å². The van der Waals surface area contributed by atoms with Crippen LogP contribution in [0.2, 0.25) is 5.02 Å². The van der Waals surface area contributed by atoms with Crippen LogP contribution in [0.4, 0.5) is 0 Å². The number of halogens is 1. The van der Waals surface area contributed by atoms with E-state index in [9.17, 15) is 0 Å². The second-order valence-corrected chi connectivity index (χ2v) is 11.2. The molecule has 1 aliphatic heterocycles. The Kier molecular flexibility index (Phi) is 6.60. The number of nitrogens with one attached hydrogen (secondary N) is 1. The summed E-state index contributed by atoms with van der Waals surface area (Å²) in [6.45, 7) is 7.08.